The van der Waals surface area contributed by atoms with Crippen molar-refractivity contribution in [3.05, 3.63) is 0 Å². The number of rotatable bonds is 23. The highest BCUT2D eigenvalue weighted by Gasteiger charge is 2.03. The maximum atomic E-state index is 10.5. The quantitative estimate of drug-likeness (QED) is 0.118. The summed E-state index contributed by atoms with van der Waals surface area (Å²) in [4.78, 5) is 0. The lowest BCUT2D eigenvalue weighted by atomic mass is 10.0. The predicted octanol–water partition coefficient (Wildman–Crippen LogP) is 5.76. The molecule has 0 fully saturated rings. The molecule has 0 radical (unpaired) electrons. The molecule has 0 atom stereocenters. The van der Waals surface area contributed by atoms with E-state index < -0.39 is 15.9 Å². The molecule has 0 aliphatic heterocycles. The molecule has 0 bridgehead atoms. The van der Waals surface area contributed by atoms with Crippen LogP contribution in [0.1, 0.15) is 103 Å². The molecule has 0 aliphatic rings. The van der Waals surface area contributed by atoms with E-state index in [4.69, 9.17) is 18.8 Å². The van der Waals surface area contributed by atoms with E-state index in [0.717, 1.165) is 12.8 Å². The molecule has 0 aromatic carbocycles. The molecule has 0 aromatic heterocycles. The lowest BCUT2D eigenvalue weighted by Crippen LogP contribution is -2.14. The zero-order chi connectivity index (χ0) is 22.9. The molecular weight excluding hydrogens is 416 g/mol. The second kappa shape index (κ2) is 23.8. The van der Waals surface area contributed by atoms with E-state index in [1.54, 1.807) is 0 Å². The Kier molecular flexibility index (Phi) is 23.2. The first kappa shape index (κ1) is 30.2. The first-order valence-electron chi connectivity index (χ1n) is 12.3. The van der Waals surface area contributed by atoms with Crippen molar-refractivity contribution >= 4 is 10.1 Å². The van der Waals surface area contributed by atoms with Gasteiger partial charge in [-0.1, -0.05) is 96.3 Å². The van der Waals surface area contributed by atoms with E-state index in [-0.39, 0.29) is 13.2 Å². The van der Waals surface area contributed by atoms with Crippen molar-refractivity contribution in [1.29, 1.82) is 0 Å². The molecule has 1 N–H and O–H groups in total. The van der Waals surface area contributed by atoms with Crippen LogP contribution in [-0.4, -0.2) is 51.8 Å². The van der Waals surface area contributed by atoms with Crippen LogP contribution in [0.4, 0.5) is 0 Å². The van der Waals surface area contributed by atoms with Crippen molar-refractivity contribution in [3.8, 4) is 12.0 Å². The van der Waals surface area contributed by atoms with E-state index in [1.807, 2.05) is 0 Å². The van der Waals surface area contributed by atoms with Crippen molar-refractivity contribution in [1.82, 2.24) is 0 Å². The van der Waals surface area contributed by atoms with E-state index >= 15 is 0 Å². The third-order valence-corrected chi connectivity index (χ3v) is 5.67. The van der Waals surface area contributed by atoms with Crippen LogP contribution in [0.25, 0.3) is 0 Å². The minimum Gasteiger partial charge on any atom is -0.444 e. The Labute approximate surface area is 191 Å². The van der Waals surface area contributed by atoms with Gasteiger partial charge in [0, 0.05) is 6.42 Å². The second-order valence-corrected chi connectivity index (χ2v) is 9.56. The Bertz CT molecular complexity index is 524. The monoisotopic (exact) mass is 462 g/mol. The van der Waals surface area contributed by atoms with E-state index in [2.05, 4.69) is 19.0 Å². The molecular formula is C24H46O6S. The largest absolute Gasteiger partial charge is 0.444 e. The molecule has 0 aliphatic carbocycles. The molecule has 31 heavy (non-hydrogen) atoms. The first-order valence-corrected chi connectivity index (χ1v) is 13.9. The highest BCUT2D eigenvalue weighted by atomic mass is 32.2. The molecule has 0 heterocycles. The SMILES string of the molecule is CCCCCCCCCCCCCCCCC#COCCOCCOCCS(=O)(=O)O. The predicted molar refractivity (Wildman–Crippen MR) is 127 cm³/mol. The zero-order valence-electron chi connectivity index (χ0n) is 19.7. The normalized spacial score (nSPS) is 11.3. The van der Waals surface area contributed by atoms with Gasteiger partial charge in [-0.05, 0) is 6.42 Å². The minimum absolute atomic E-state index is 0.0383. The van der Waals surface area contributed by atoms with Crippen molar-refractivity contribution in [2.24, 2.45) is 0 Å². The summed E-state index contributed by atoms with van der Waals surface area (Å²) in [5.74, 6) is 2.63. The third kappa shape index (κ3) is 29.2. The van der Waals surface area contributed by atoms with Crippen molar-refractivity contribution in [3.63, 3.8) is 0 Å². The smallest absolute Gasteiger partial charge is 0.267 e. The second-order valence-electron chi connectivity index (χ2n) is 7.98. The van der Waals surface area contributed by atoms with Gasteiger partial charge in [0.25, 0.3) is 10.1 Å². The summed E-state index contributed by atoms with van der Waals surface area (Å²) in [6, 6.07) is 0. The minimum atomic E-state index is -3.95. The molecule has 0 spiro atoms. The fraction of sp³-hybridized carbons (Fsp3) is 0.917. The average Bonchev–Trinajstić information content (AvgIpc) is 2.73. The maximum Gasteiger partial charge on any atom is 0.267 e. The van der Waals surface area contributed by atoms with E-state index in [1.165, 1.54) is 83.5 Å². The van der Waals surface area contributed by atoms with Crippen LogP contribution in [0.5, 0.6) is 0 Å². The van der Waals surface area contributed by atoms with Crippen molar-refractivity contribution in [2.45, 2.75) is 103 Å². The summed E-state index contributed by atoms with van der Waals surface area (Å²) in [7, 11) is -3.95. The van der Waals surface area contributed by atoms with Crippen LogP contribution in [0.2, 0.25) is 0 Å². The standard InChI is InChI=1S/C24H46O6S/c1-2-3-4-5-6-7-8-9-10-11-12-13-14-15-16-17-18-28-19-20-29-21-22-30-23-24-31(25,26)27/h2-16,19-24H2,1H3,(H,25,26,27). The van der Waals surface area contributed by atoms with Crippen LogP contribution in [0.3, 0.4) is 0 Å². The number of ether oxygens (including phenoxy) is 3. The Morgan fingerprint density at radius 2 is 1.10 bits per heavy atom. The van der Waals surface area contributed by atoms with Crippen LogP contribution >= 0.6 is 0 Å². The summed E-state index contributed by atoms with van der Waals surface area (Å²) >= 11 is 0. The summed E-state index contributed by atoms with van der Waals surface area (Å²) < 4.78 is 45.0. The highest BCUT2D eigenvalue weighted by molar-refractivity contribution is 7.85. The van der Waals surface area contributed by atoms with Crippen LogP contribution in [0, 0.1) is 12.0 Å². The average molecular weight is 463 g/mol. The Balaban J connectivity index is 3.15. The number of unbranched alkanes of at least 4 members (excludes halogenated alkanes) is 14. The number of hydrogen-bond donors (Lipinski definition) is 1. The van der Waals surface area contributed by atoms with Crippen LogP contribution < -0.4 is 0 Å². The zero-order valence-corrected chi connectivity index (χ0v) is 20.6. The number of hydrogen-bond acceptors (Lipinski definition) is 5. The van der Waals surface area contributed by atoms with Crippen molar-refractivity contribution in [2.75, 3.05) is 38.8 Å². The Morgan fingerprint density at radius 3 is 1.61 bits per heavy atom. The lowest BCUT2D eigenvalue weighted by Gasteiger charge is -2.04. The Hall–Kier alpha value is -0.810. The van der Waals surface area contributed by atoms with Gasteiger partial charge in [0.15, 0.2) is 0 Å². The van der Waals surface area contributed by atoms with Gasteiger partial charge in [-0.25, -0.2) is 0 Å². The highest BCUT2D eigenvalue weighted by Crippen LogP contribution is 2.13. The first-order chi connectivity index (χ1) is 15.1. The fourth-order valence-electron chi connectivity index (χ4n) is 3.15. The van der Waals surface area contributed by atoms with Gasteiger partial charge in [0.1, 0.15) is 12.7 Å². The third-order valence-electron chi connectivity index (χ3n) is 4.99. The molecule has 0 rings (SSSR count). The summed E-state index contributed by atoms with van der Waals surface area (Å²) in [6.07, 6.45) is 22.6. The van der Waals surface area contributed by atoms with Gasteiger partial charge in [-0.2, -0.15) is 8.42 Å². The van der Waals surface area contributed by atoms with E-state index in [9.17, 15) is 8.42 Å². The molecule has 184 valence electrons. The van der Waals surface area contributed by atoms with Gasteiger partial charge in [-0.3, -0.25) is 4.55 Å². The van der Waals surface area contributed by atoms with Gasteiger partial charge < -0.3 is 14.2 Å². The lowest BCUT2D eigenvalue weighted by molar-refractivity contribution is 0.0369. The molecule has 0 amide bonds. The molecule has 0 saturated heterocycles. The van der Waals surface area contributed by atoms with Crippen molar-refractivity contribution < 1.29 is 27.2 Å². The summed E-state index contributed by atoms with van der Waals surface area (Å²) in [5, 5.41) is 0. The van der Waals surface area contributed by atoms with Gasteiger partial charge in [0.2, 0.25) is 0 Å². The van der Waals surface area contributed by atoms with Gasteiger partial charge in [0.05, 0.1) is 32.2 Å². The van der Waals surface area contributed by atoms with Gasteiger partial charge in [-0.15, -0.1) is 0 Å². The van der Waals surface area contributed by atoms with Gasteiger partial charge >= 0.3 is 0 Å². The molecule has 7 heteroatoms. The molecule has 0 aromatic rings. The topological polar surface area (TPSA) is 82.1 Å². The van der Waals surface area contributed by atoms with Crippen LogP contribution in [0.15, 0.2) is 0 Å². The van der Waals surface area contributed by atoms with Crippen LogP contribution in [-0.2, 0) is 24.3 Å². The summed E-state index contributed by atoms with van der Waals surface area (Å²) in [6.45, 7) is 3.67. The maximum absolute atomic E-state index is 10.5. The molecule has 0 saturated carbocycles. The van der Waals surface area contributed by atoms with E-state index in [0.29, 0.717) is 19.8 Å². The molecule has 6 nitrogen and oxygen atoms in total. The molecule has 0 unspecified atom stereocenters. The fourth-order valence-corrected chi connectivity index (χ4v) is 3.48. The Morgan fingerprint density at radius 1 is 0.645 bits per heavy atom. The summed E-state index contributed by atoms with van der Waals surface area (Å²) in [5.41, 5.74) is 0.